The molecule has 0 unspecified atom stereocenters. The molecule has 1 amide bonds. The van der Waals surface area contributed by atoms with E-state index in [0.29, 0.717) is 0 Å². The van der Waals surface area contributed by atoms with Crippen LogP contribution in [0.4, 0.5) is 21.5 Å². The van der Waals surface area contributed by atoms with Gasteiger partial charge < -0.3 is 10.1 Å². The van der Waals surface area contributed by atoms with Crippen molar-refractivity contribution in [1.29, 1.82) is 0 Å². The monoisotopic (exact) mass is 445 g/mol. The predicted molar refractivity (Wildman–Crippen MR) is 111 cm³/mol. The van der Waals surface area contributed by atoms with E-state index in [4.69, 9.17) is 4.74 Å². The number of nitrogens with zero attached hydrogens (tertiary/aromatic N) is 1. The van der Waals surface area contributed by atoms with E-state index in [1.165, 1.54) is 43.5 Å². The van der Waals surface area contributed by atoms with Gasteiger partial charge in [-0.2, -0.15) is 0 Å². The maximum atomic E-state index is 13.1. The summed E-state index contributed by atoms with van der Waals surface area (Å²) in [6, 6.07) is 13.7. The molecule has 0 aliphatic heterocycles. The molecule has 0 radical (unpaired) electrons. The highest BCUT2D eigenvalue weighted by Gasteiger charge is 2.18. The number of halogens is 1. The molecule has 0 spiro atoms. The quantitative estimate of drug-likeness (QED) is 0.421. The molecule has 3 rings (SSSR count). The Morgan fingerprint density at radius 2 is 1.77 bits per heavy atom. The van der Waals surface area contributed by atoms with Crippen molar-refractivity contribution in [2.45, 2.75) is 4.90 Å². The lowest BCUT2D eigenvalue weighted by Crippen LogP contribution is -2.15. The summed E-state index contributed by atoms with van der Waals surface area (Å²) in [5.41, 5.74) is 0.0615. The maximum Gasteiger partial charge on any atom is 0.270 e. The van der Waals surface area contributed by atoms with Crippen LogP contribution in [-0.2, 0) is 10.0 Å². The second-order valence-electron chi connectivity index (χ2n) is 6.24. The van der Waals surface area contributed by atoms with Gasteiger partial charge in [0.15, 0.2) is 0 Å². The number of carbonyl (C=O) groups is 1. The van der Waals surface area contributed by atoms with Gasteiger partial charge in [0.2, 0.25) is 0 Å². The predicted octanol–water partition coefficient (Wildman–Crippen LogP) is 3.80. The van der Waals surface area contributed by atoms with Gasteiger partial charge in [0.05, 0.1) is 22.6 Å². The molecule has 160 valence electrons. The zero-order valence-corrected chi connectivity index (χ0v) is 16.9. The Labute approximate surface area is 176 Å². The van der Waals surface area contributed by atoms with Gasteiger partial charge in [-0.3, -0.25) is 19.6 Å². The molecule has 11 heteroatoms. The Morgan fingerprint density at radius 3 is 2.42 bits per heavy atom. The van der Waals surface area contributed by atoms with Gasteiger partial charge in [0.1, 0.15) is 11.6 Å². The summed E-state index contributed by atoms with van der Waals surface area (Å²) in [4.78, 5) is 22.6. The molecule has 0 aromatic heterocycles. The van der Waals surface area contributed by atoms with Crippen LogP contribution in [0.25, 0.3) is 0 Å². The lowest BCUT2D eigenvalue weighted by atomic mass is 10.2. The average Bonchev–Trinajstić information content (AvgIpc) is 2.74. The molecule has 3 aromatic rings. The lowest BCUT2D eigenvalue weighted by Gasteiger charge is -2.14. The molecule has 9 nitrogen and oxygen atoms in total. The van der Waals surface area contributed by atoms with Crippen molar-refractivity contribution in [2.24, 2.45) is 0 Å². The first-order valence-corrected chi connectivity index (χ1v) is 10.2. The molecule has 0 saturated carbocycles. The van der Waals surface area contributed by atoms with Crippen LogP contribution in [0.5, 0.6) is 5.75 Å². The minimum absolute atomic E-state index is 0.0312. The van der Waals surface area contributed by atoms with Crippen molar-refractivity contribution < 1.29 is 27.3 Å². The summed E-state index contributed by atoms with van der Waals surface area (Å²) in [5.74, 6) is -1.03. The highest BCUT2D eigenvalue weighted by molar-refractivity contribution is 7.92. The number of amides is 1. The molecular weight excluding hydrogens is 429 g/mol. The third-order valence-electron chi connectivity index (χ3n) is 4.14. The molecule has 0 fully saturated rings. The maximum absolute atomic E-state index is 13.1. The number of ether oxygens (including phenoxy) is 1. The summed E-state index contributed by atoms with van der Waals surface area (Å²) < 4.78 is 45.8. The normalized spacial score (nSPS) is 10.9. The third-order valence-corrected chi connectivity index (χ3v) is 5.53. The summed E-state index contributed by atoms with van der Waals surface area (Å²) in [6.45, 7) is 0. The van der Waals surface area contributed by atoms with Gasteiger partial charge >= 0.3 is 0 Å². The van der Waals surface area contributed by atoms with Crippen LogP contribution in [0.2, 0.25) is 0 Å². The molecule has 0 saturated heterocycles. The van der Waals surface area contributed by atoms with Crippen molar-refractivity contribution >= 4 is 33.0 Å². The first kappa shape index (κ1) is 21.7. The van der Waals surface area contributed by atoms with E-state index in [2.05, 4.69) is 10.0 Å². The molecule has 0 aliphatic carbocycles. The minimum atomic E-state index is -4.06. The van der Waals surface area contributed by atoms with Crippen LogP contribution in [0, 0.1) is 15.9 Å². The summed E-state index contributed by atoms with van der Waals surface area (Å²) in [6.07, 6.45) is 0. The Bertz CT molecular complexity index is 1250. The van der Waals surface area contributed by atoms with Crippen LogP contribution < -0.4 is 14.8 Å². The SMILES string of the molecule is COc1ccc(NC(=O)c2cccc([N+](=O)[O-])c2)cc1NS(=O)(=O)c1ccc(F)cc1. The number of nitro benzene ring substituents is 1. The number of anilines is 2. The van der Waals surface area contributed by atoms with E-state index >= 15 is 0 Å². The van der Waals surface area contributed by atoms with E-state index in [1.807, 2.05) is 0 Å². The second kappa shape index (κ2) is 8.79. The van der Waals surface area contributed by atoms with Crippen LogP contribution in [-0.4, -0.2) is 26.4 Å². The number of non-ortho nitro benzene ring substituents is 1. The molecule has 0 heterocycles. The molecule has 0 aliphatic rings. The fraction of sp³-hybridized carbons (Fsp3) is 0.0500. The molecular formula is C20H16FN3O6S. The number of nitro groups is 1. The Balaban J connectivity index is 1.87. The van der Waals surface area contributed by atoms with E-state index in [0.717, 1.165) is 30.3 Å². The van der Waals surface area contributed by atoms with Crippen molar-refractivity contribution in [2.75, 3.05) is 17.1 Å². The van der Waals surface area contributed by atoms with E-state index in [1.54, 1.807) is 0 Å². The van der Waals surface area contributed by atoms with Gasteiger partial charge in [-0.15, -0.1) is 0 Å². The summed E-state index contributed by atoms with van der Waals surface area (Å²) in [5, 5.41) is 13.4. The highest BCUT2D eigenvalue weighted by atomic mass is 32.2. The Hall–Kier alpha value is -3.99. The topological polar surface area (TPSA) is 128 Å². The summed E-state index contributed by atoms with van der Waals surface area (Å²) in [7, 11) is -2.72. The van der Waals surface area contributed by atoms with Gasteiger partial charge in [0.25, 0.3) is 21.6 Å². The summed E-state index contributed by atoms with van der Waals surface area (Å²) >= 11 is 0. The number of nitrogens with one attached hydrogen (secondary N) is 2. The smallest absolute Gasteiger partial charge is 0.270 e. The zero-order valence-electron chi connectivity index (χ0n) is 16.0. The van der Waals surface area contributed by atoms with Gasteiger partial charge in [0, 0.05) is 23.4 Å². The number of carbonyl (C=O) groups excluding carboxylic acids is 1. The van der Waals surface area contributed by atoms with Gasteiger partial charge in [-0.25, -0.2) is 12.8 Å². The average molecular weight is 445 g/mol. The van der Waals surface area contributed by atoms with E-state index < -0.39 is 26.7 Å². The van der Waals surface area contributed by atoms with Gasteiger partial charge in [-0.1, -0.05) is 6.07 Å². The van der Waals surface area contributed by atoms with E-state index in [9.17, 15) is 27.7 Å². The number of hydrogen-bond acceptors (Lipinski definition) is 6. The number of sulfonamides is 1. The van der Waals surface area contributed by atoms with E-state index in [-0.39, 0.29) is 33.3 Å². The van der Waals surface area contributed by atoms with Crippen LogP contribution in [0.15, 0.2) is 71.6 Å². The van der Waals surface area contributed by atoms with Crippen LogP contribution in [0.3, 0.4) is 0 Å². The van der Waals surface area contributed by atoms with Crippen molar-refractivity contribution in [1.82, 2.24) is 0 Å². The van der Waals surface area contributed by atoms with Crippen molar-refractivity contribution in [3.63, 3.8) is 0 Å². The fourth-order valence-corrected chi connectivity index (χ4v) is 3.71. The van der Waals surface area contributed by atoms with Crippen LogP contribution >= 0.6 is 0 Å². The number of rotatable bonds is 7. The first-order chi connectivity index (χ1) is 14.7. The molecule has 0 atom stereocenters. The van der Waals surface area contributed by atoms with Gasteiger partial charge in [-0.05, 0) is 48.5 Å². The molecule has 3 aromatic carbocycles. The first-order valence-electron chi connectivity index (χ1n) is 8.72. The third kappa shape index (κ3) is 5.14. The van der Waals surface area contributed by atoms with Crippen molar-refractivity contribution in [3.8, 4) is 5.75 Å². The largest absolute Gasteiger partial charge is 0.495 e. The number of hydrogen-bond donors (Lipinski definition) is 2. The number of methoxy groups -OCH3 is 1. The minimum Gasteiger partial charge on any atom is -0.495 e. The zero-order chi connectivity index (χ0) is 22.6. The lowest BCUT2D eigenvalue weighted by molar-refractivity contribution is -0.384. The Morgan fingerprint density at radius 1 is 1.06 bits per heavy atom. The molecule has 31 heavy (non-hydrogen) atoms. The van der Waals surface area contributed by atoms with Crippen LogP contribution in [0.1, 0.15) is 10.4 Å². The number of benzene rings is 3. The Kier molecular flexibility index (Phi) is 6.16. The van der Waals surface area contributed by atoms with Crippen molar-refractivity contribution in [3.05, 3.63) is 88.2 Å². The highest BCUT2D eigenvalue weighted by Crippen LogP contribution is 2.30. The molecule has 0 bridgehead atoms. The standard InChI is InChI=1S/C20H16FN3O6S/c1-30-19-10-7-15(22-20(25)13-3-2-4-16(11-13)24(26)27)12-18(19)23-31(28,29)17-8-5-14(21)6-9-17/h2-12,23H,1H3,(H,22,25). The second-order valence-corrected chi connectivity index (χ2v) is 7.92. The molecule has 2 N–H and O–H groups in total. The fourth-order valence-electron chi connectivity index (χ4n) is 2.65.